The highest BCUT2D eigenvalue weighted by molar-refractivity contribution is 5.69. The van der Waals surface area contributed by atoms with Gasteiger partial charge in [0.05, 0.1) is 7.11 Å². The molecule has 2 N–H and O–H groups in total. The fourth-order valence-corrected chi connectivity index (χ4v) is 2.72. The number of carbonyl (C=O) groups excluding carboxylic acids is 1. The van der Waals surface area contributed by atoms with Crippen LogP contribution in [-0.4, -0.2) is 39.1 Å². The standard InChI is InChI=1S/C20H25N5O4/c1-6-12-11-14(24-23-12)18-22-17(25-29-18)16(21-19(26)28-20(2,3)4)13-9-7-8-10-15(13)27-5/h7-11,16H,6H2,1-5H3,(H,21,26)(H,23,24). The first-order valence-corrected chi connectivity index (χ1v) is 9.31. The molecule has 0 saturated carbocycles. The van der Waals surface area contributed by atoms with Crippen molar-refractivity contribution in [3.63, 3.8) is 0 Å². The molecule has 154 valence electrons. The van der Waals surface area contributed by atoms with E-state index in [0.29, 0.717) is 17.0 Å². The van der Waals surface area contributed by atoms with E-state index in [0.717, 1.165) is 12.1 Å². The van der Waals surface area contributed by atoms with E-state index < -0.39 is 17.7 Å². The van der Waals surface area contributed by atoms with E-state index in [2.05, 4.69) is 25.7 Å². The Morgan fingerprint density at radius 2 is 2.07 bits per heavy atom. The average Bonchev–Trinajstić information content (AvgIpc) is 3.34. The summed E-state index contributed by atoms with van der Waals surface area (Å²) in [5.74, 6) is 1.09. The maximum Gasteiger partial charge on any atom is 0.408 e. The Bertz CT molecular complexity index is 973. The van der Waals surface area contributed by atoms with Crippen LogP contribution in [-0.2, 0) is 11.2 Å². The number of para-hydroxylation sites is 1. The minimum absolute atomic E-state index is 0.252. The molecule has 0 fully saturated rings. The molecule has 2 heterocycles. The van der Waals surface area contributed by atoms with Crippen molar-refractivity contribution in [2.24, 2.45) is 0 Å². The first kappa shape index (κ1) is 20.4. The number of aryl methyl sites for hydroxylation is 1. The predicted molar refractivity (Wildman–Crippen MR) is 105 cm³/mol. The second-order valence-corrected chi connectivity index (χ2v) is 7.41. The third-order valence-corrected chi connectivity index (χ3v) is 4.04. The number of benzene rings is 1. The SMILES string of the molecule is CCc1cc(-c2nc(C(NC(=O)OC(C)(C)C)c3ccccc3OC)no2)n[nH]1. The molecule has 0 spiro atoms. The number of methoxy groups -OCH3 is 1. The second-order valence-electron chi connectivity index (χ2n) is 7.41. The molecule has 1 aromatic carbocycles. The van der Waals surface area contributed by atoms with Gasteiger partial charge >= 0.3 is 6.09 Å². The van der Waals surface area contributed by atoms with Crippen molar-refractivity contribution < 1.29 is 18.8 Å². The average molecular weight is 399 g/mol. The molecule has 0 aliphatic carbocycles. The van der Waals surface area contributed by atoms with E-state index in [1.807, 2.05) is 31.2 Å². The van der Waals surface area contributed by atoms with Crippen LogP contribution in [0.5, 0.6) is 5.75 Å². The Balaban J connectivity index is 1.96. The van der Waals surface area contributed by atoms with Gasteiger partial charge in [0.1, 0.15) is 17.4 Å². The number of amides is 1. The Hall–Kier alpha value is -3.36. The number of ether oxygens (including phenoxy) is 2. The van der Waals surface area contributed by atoms with Crippen molar-refractivity contribution in [1.82, 2.24) is 25.7 Å². The summed E-state index contributed by atoms with van der Waals surface area (Å²) in [6.07, 6.45) is 0.200. The highest BCUT2D eigenvalue weighted by Crippen LogP contribution is 2.30. The van der Waals surface area contributed by atoms with Crippen LogP contribution in [0.25, 0.3) is 11.6 Å². The number of H-pyrrole nitrogens is 1. The molecule has 0 aliphatic rings. The first-order chi connectivity index (χ1) is 13.8. The number of rotatable bonds is 6. The fraction of sp³-hybridized carbons (Fsp3) is 0.400. The van der Waals surface area contributed by atoms with Gasteiger partial charge in [-0.1, -0.05) is 30.3 Å². The van der Waals surface area contributed by atoms with Crippen molar-refractivity contribution in [3.05, 3.63) is 47.4 Å². The lowest BCUT2D eigenvalue weighted by atomic mass is 10.1. The summed E-state index contributed by atoms with van der Waals surface area (Å²) in [6, 6.07) is 8.40. The monoisotopic (exact) mass is 399 g/mol. The van der Waals surface area contributed by atoms with Gasteiger partial charge in [-0.3, -0.25) is 5.10 Å². The molecule has 29 heavy (non-hydrogen) atoms. The van der Waals surface area contributed by atoms with E-state index in [9.17, 15) is 4.79 Å². The van der Waals surface area contributed by atoms with Crippen LogP contribution in [0.3, 0.4) is 0 Å². The predicted octanol–water partition coefficient (Wildman–Crippen LogP) is 3.64. The smallest absolute Gasteiger partial charge is 0.408 e. The lowest BCUT2D eigenvalue weighted by Gasteiger charge is -2.23. The van der Waals surface area contributed by atoms with Crippen molar-refractivity contribution >= 4 is 6.09 Å². The molecule has 0 aliphatic heterocycles. The van der Waals surface area contributed by atoms with Gasteiger partial charge in [-0.2, -0.15) is 10.1 Å². The molecular formula is C20H25N5O4. The molecule has 9 nitrogen and oxygen atoms in total. The first-order valence-electron chi connectivity index (χ1n) is 9.31. The van der Waals surface area contributed by atoms with E-state index in [1.54, 1.807) is 33.9 Å². The van der Waals surface area contributed by atoms with Gasteiger partial charge in [0.15, 0.2) is 11.5 Å². The number of alkyl carbamates (subject to hydrolysis) is 1. The van der Waals surface area contributed by atoms with Gasteiger partial charge in [-0.25, -0.2) is 4.79 Å². The molecule has 0 bridgehead atoms. The summed E-state index contributed by atoms with van der Waals surface area (Å²) < 4.78 is 16.2. The number of aromatic amines is 1. The maximum absolute atomic E-state index is 12.5. The molecule has 2 aromatic heterocycles. The Kier molecular flexibility index (Phi) is 5.86. The summed E-state index contributed by atoms with van der Waals surface area (Å²) in [5, 5.41) is 14.0. The molecular weight excluding hydrogens is 374 g/mol. The molecule has 1 amide bonds. The number of aromatic nitrogens is 4. The topological polar surface area (TPSA) is 115 Å². The molecule has 9 heteroatoms. The summed E-state index contributed by atoms with van der Waals surface area (Å²) in [7, 11) is 1.56. The van der Waals surface area contributed by atoms with Crippen LogP contribution in [0.1, 0.15) is 50.8 Å². The van der Waals surface area contributed by atoms with E-state index >= 15 is 0 Å². The van der Waals surface area contributed by atoms with Gasteiger partial charge in [0.25, 0.3) is 5.89 Å². The lowest BCUT2D eigenvalue weighted by Crippen LogP contribution is -2.36. The van der Waals surface area contributed by atoms with Crippen molar-refractivity contribution in [1.29, 1.82) is 0 Å². The summed E-state index contributed by atoms with van der Waals surface area (Å²) in [4.78, 5) is 16.9. The highest BCUT2D eigenvalue weighted by atomic mass is 16.6. The Morgan fingerprint density at radius 1 is 1.31 bits per heavy atom. The minimum Gasteiger partial charge on any atom is -0.496 e. The highest BCUT2D eigenvalue weighted by Gasteiger charge is 2.28. The number of nitrogens with one attached hydrogen (secondary N) is 2. The Labute approximate surface area is 168 Å². The summed E-state index contributed by atoms with van der Waals surface area (Å²) in [5.41, 5.74) is 1.51. The molecule has 0 saturated heterocycles. The van der Waals surface area contributed by atoms with Crippen LogP contribution in [0, 0.1) is 0 Å². The zero-order valence-electron chi connectivity index (χ0n) is 17.1. The van der Waals surface area contributed by atoms with Crippen LogP contribution < -0.4 is 10.1 Å². The Morgan fingerprint density at radius 3 is 2.72 bits per heavy atom. The van der Waals surface area contributed by atoms with Gasteiger partial charge in [-0.15, -0.1) is 0 Å². The number of nitrogens with zero attached hydrogens (tertiary/aromatic N) is 3. The number of hydrogen-bond donors (Lipinski definition) is 2. The molecule has 1 unspecified atom stereocenters. The third-order valence-electron chi connectivity index (χ3n) is 4.04. The third kappa shape index (κ3) is 4.92. The maximum atomic E-state index is 12.5. The van der Waals surface area contributed by atoms with Crippen LogP contribution >= 0.6 is 0 Å². The molecule has 3 aromatic rings. The second kappa shape index (κ2) is 8.34. The molecule has 3 rings (SSSR count). The van der Waals surface area contributed by atoms with Crippen LogP contribution in [0.4, 0.5) is 4.79 Å². The number of carbonyl (C=O) groups is 1. The normalized spacial score (nSPS) is 12.4. The summed E-state index contributed by atoms with van der Waals surface area (Å²) >= 11 is 0. The fourth-order valence-electron chi connectivity index (χ4n) is 2.72. The molecule has 0 radical (unpaired) electrons. The molecule has 1 atom stereocenters. The van der Waals surface area contributed by atoms with Crippen LogP contribution in [0.2, 0.25) is 0 Å². The van der Waals surface area contributed by atoms with Crippen molar-refractivity contribution in [3.8, 4) is 17.3 Å². The largest absolute Gasteiger partial charge is 0.496 e. The summed E-state index contributed by atoms with van der Waals surface area (Å²) in [6.45, 7) is 7.39. The zero-order valence-corrected chi connectivity index (χ0v) is 17.1. The van der Waals surface area contributed by atoms with E-state index in [4.69, 9.17) is 14.0 Å². The minimum atomic E-state index is -0.733. The van der Waals surface area contributed by atoms with Gasteiger partial charge < -0.3 is 19.3 Å². The van der Waals surface area contributed by atoms with E-state index in [1.165, 1.54) is 0 Å². The van der Waals surface area contributed by atoms with E-state index in [-0.39, 0.29) is 11.7 Å². The van der Waals surface area contributed by atoms with Gasteiger partial charge in [0, 0.05) is 11.3 Å². The van der Waals surface area contributed by atoms with Crippen molar-refractivity contribution in [2.75, 3.05) is 7.11 Å². The zero-order chi connectivity index (χ0) is 21.0. The van der Waals surface area contributed by atoms with Gasteiger partial charge in [-0.05, 0) is 39.3 Å². The number of hydrogen-bond acceptors (Lipinski definition) is 7. The van der Waals surface area contributed by atoms with Gasteiger partial charge in [0.2, 0.25) is 0 Å². The quantitative estimate of drug-likeness (QED) is 0.650. The van der Waals surface area contributed by atoms with Crippen molar-refractivity contribution in [2.45, 2.75) is 45.8 Å². The van der Waals surface area contributed by atoms with Crippen LogP contribution in [0.15, 0.2) is 34.9 Å². The lowest BCUT2D eigenvalue weighted by molar-refractivity contribution is 0.0509.